The van der Waals surface area contributed by atoms with Crippen LogP contribution in [0.15, 0.2) is 24.3 Å². The smallest absolute Gasteiger partial charge is 0.234 e. The molecule has 1 amide bonds. The third kappa shape index (κ3) is 7.23. The minimum absolute atomic E-state index is 0.0559. The lowest BCUT2D eigenvalue weighted by Crippen LogP contribution is -2.14. The quantitative estimate of drug-likeness (QED) is 0.684. The Morgan fingerprint density at radius 2 is 2.21 bits per heavy atom. The number of benzene rings is 1. The fraction of sp³-hybridized carbons (Fsp3) is 0.533. The van der Waals surface area contributed by atoms with Crippen LogP contribution in [0.5, 0.6) is 0 Å². The Labute approximate surface area is 119 Å². The second-order valence-corrected chi connectivity index (χ2v) is 5.59. The zero-order chi connectivity index (χ0) is 13.9. The van der Waals surface area contributed by atoms with Crippen LogP contribution in [-0.4, -0.2) is 29.1 Å². The molecular weight excluding hydrogens is 258 g/mol. The van der Waals surface area contributed by atoms with Gasteiger partial charge in [0.25, 0.3) is 0 Å². The van der Waals surface area contributed by atoms with Gasteiger partial charge in [0.2, 0.25) is 5.91 Å². The molecule has 0 bridgehead atoms. The van der Waals surface area contributed by atoms with Gasteiger partial charge in [-0.15, -0.1) is 0 Å². The largest absolute Gasteiger partial charge is 0.396 e. The van der Waals surface area contributed by atoms with E-state index in [-0.39, 0.29) is 12.5 Å². The number of aliphatic hydroxyl groups is 1. The summed E-state index contributed by atoms with van der Waals surface area (Å²) in [6.07, 6.45) is 3.92. The lowest BCUT2D eigenvalue weighted by Gasteiger charge is -2.07. The first-order valence-electron chi connectivity index (χ1n) is 6.83. The topological polar surface area (TPSA) is 49.3 Å². The predicted octanol–water partition coefficient (Wildman–Crippen LogP) is 3.08. The van der Waals surface area contributed by atoms with Crippen LogP contribution < -0.4 is 5.32 Å². The van der Waals surface area contributed by atoms with E-state index in [1.807, 2.05) is 24.3 Å². The van der Waals surface area contributed by atoms with Gasteiger partial charge in [-0.05, 0) is 42.7 Å². The van der Waals surface area contributed by atoms with E-state index in [0.29, 0.717) is 5.75 Å². The Kier molecular flexibility index (Phi) is 8.34. The Morgan fingerprint density at radius 1 is 1.37 bits per heavy atom. The summed E-state index contributed by atoms with van der Waals surface area (Å²) in [4.78, 5) is 11.7. The number of nitrogens with one attached hydrogen (secondary N) is 1. The highest BCUT2D eigenvalue weighted by molar-refractivity contribution is 7.99. The molecule has 0 radical (unpaired) electrons. The summed E-state index contributed by atoms with van der Waals surface area (Å²) in [5.41, 5.74) is 1.99. The number of carbonyl (C=O) groups is 1. The number of thioether (sulfide) groups is 1. The molecule has 0 spiro atoms. The molecule has 2 N–H and O–H groups in total. The van der Waals surface area contributed by atoms with E-state index in [0.717, 1.165) is 36.3 Å². The number of aryl methyl sites for hydroxylation is 1. The van der Waals surface area contributed by atoms with Gasteiger partial charge in [0.1, 0.15) is 0 Å². The highest BCUT2D eigenvalue weighted by Crippen LogP contribution is 2.13. The van der Waals surface area contributed by atoms with Crippen LogP contribution >= 0.6 is 11.8 Å². The average Bonchev–Trinajstić information content (AvgIpc) is 2.42. The molecule has 3 nitrogen and oxygen atoms in total. The Balaban J connectivity index is 2.36. The van der Waals surface area contributed by atoms with Crippen LogP contribution in [-0.2, 0) is 11.2 Å². The highest BCUT2D eigenvalue weighted by Gasteiger charge is 2.03. The van der Waals surface area contributed by atoms with Crippen molar-refractivity contribution in [3.63, 3.8) is 0 Å². The minimum Gasteiger partial charge on any atom is -0.396 e. The third-order valence-corrected chi connectivity index (χ3v) is 3.75. The molecular formula is C15H23NO2S. The van der Waals surface area contributed by atoms with Gasteiger partial charge in [0, 0.05) is 12.3 Å². The molecule has 0 unspecified atom stereocenters. The monoisotopic (exact) mass is 281 g/mol. The van der Waals surface area contributed by atoms with Crippen LogP contribution in [0.1, 0.15) is 31.7 Å². The molecule has 19 heavy (non-hydrogen) atoms. The fourth-order valence-corrected chi connectivity index (χ4v) is 2.59. The van der Waals surface area contributed by atoms with Gasteiger partial charge in [0.15, 0.2) is 0 Å². The second-order valence-electron chi connectivity index (χ2n) is 4.48. The first kappa shape index (κ1) is 16.1. The maximum absolute atomic E-state index is 11.7. The fourth-order valence-electron chi connectivity index (χ4n) is 1.70. The van der Waals surface area contributed by atoms with Crippen LogP contribution in [0.25, 0.3) is 0 Å². The van der Waals surface area contributed by atoms with Gasteiger partial charge >= 0.3 is 0 Å². The Hall–Kier alpha value is -1.00. The van der Waals surface area contributed by atoms with E-state index in [1.54, 1.807) is 11.8 Å². The number of hydrogen-bond donors (Lipinski definition) is 2. The lowest BCUT2D eigenvalue weighted by atomic mass is 10.1. The number of rotatable bonds is 9. The number of aliphatic hydroxyl groups excluding tert-OH is 1. The summed E-state index contributed by atoms with van der Waals surface area (Å²) in [6, 6.07) is 7.83. The lowest BCUT2D eigenvalue weighted by molar-refractivity contribution is -0.113. The maximum Gasteiger partial charge on any atom is 0.234 e. The van der Waals surface area contributed by atoms with E-state index in [9.17, 15) is 4.79 Å². The summed E-state index contributed by atoms with van der Waals surface area (Å²) < 4.78 is 0. The molecule has 0 saturated carbocycles. The molecule has 0 aromatic heterocycles. The molecule has 0 atom stereocenters. The molecule has 0 heterocycles. The zero-order valence-corrected chi connectivity index (χ0v) is 12.3. The van der Waals surface area contributed by atoms with Crippen molar-refractivity contribution in [2.45, 2.75) is 32.6 Å². The average molecular weight is 281 g/mol. The van der Waals surface area contributed by atoms with Gasteiger partial charge in [-0.25, -0.2) is 0 Å². The first-order valence-corrected chi connectivity index (χ1v) is 7.99. The summed E-state index contributed by atoms with van der Waals surface area (Å²) >= 11 is 1.68. The normalized spacial score (nSPS) is 10.4. The van der Waals surface area contributed by atoms with E-state index in [2.05, 4.69) is 12.2 Å². The third-order valence-electron chi connectivity index (χ3n) is 2.71. The molecule has 1 aromatic carbocycles. The number of unbranched alkanes of at least 4 members (excludes halogenated alkanes) is 1. The standard InChI is InChI=1S/C15H23NO2S/c1-2-3-10-19-12-15(18)16-14-8-4-6-13(11-14)7-5-9-17/h4,6,8,11,17H,2-3,5,7,9-10,12H2,1H3,(H,16,18). The van der Waals surface area contributed by atoms with E-state index in [4.69, 9.17) is 5.11 Å². The van der Waals surface area contributed by atoms with Crippen molar-refractivity contribution in [2.75, 3.05) is 23.4 Å². The molecule has 0 aliphatic rings. The molecule has 0 aliphatic heterocycles. The predicted molar refractivity (Wildman–Crippen MR) is 82.7 cm³/mol. The summed E-state index contributed by atoms with van der Waals surface area (Å²) in [7, 11) is 0. The molecule has 4 heteroatoms. The van der Waals surface area contributed by atoms with Crippen molar-refractivity contribution in [1.82, 2.24) is 0 Å². The summed E-state index contributed by atoms with van der Waals surface area (Å²) in [5, 5.41) is 11.7. The molecule has 0 aliphatic carbocycles. The second kappa shape index (κ2) is 9.87. The maximum atomic E-state index is 11.7. The Morgan fingerprint density at radius 3 is 2.95 bits per heavy atom. The number of anilines is 1. The number of carbonyl (C=O) groups excluding carboxylic acids is 1. The van der Waals surface area contributed by atoms with E-state index >= 15 is 0 Å². The molecule has 1 rings (SSSR count). The summed E-state index contributed by atoms with van der Waals surface area (Å²) in [5.74, 6) is 1.61. The highest BCUT2D eigenvalue weighted by atomic mass is 32.2. The molecule has 106 valence electrons. The minimum atomic E-state index is 0.0559. The van der Waals surface area contributed by atoms with E-state index in [1.165, 1.54) is 6.42 Å². The molecule has 0 saturated heterocycles. The van der Waals surface area contributed by atoms with Gasteiger partial charge in [0.05, 0.1) is 5.75 Å². The van der Waals surface area contributed by atoms with Crippen molar-refractivity contribution >= 4 is 23.4 Å². The van der Waals surface area contributed by atoms with Crippen LogP contribution in [0.3, 0.4) is 0 Å². The van der Waals surface area contributed by atoms with Crippen molar-refractivity contribution in [1.29, 1.82) is 0 Å². The van der Waals surface area contributed by atoms with Crippen LogP contribution in [0.4, 0.5) is 5.69 Å². The number of hydrogen-bond acceptors (Lipinski definition) is 3. The van der Waals surface area contributed by atoms with E-state index < -0.39 is 0 Å². The van der Waals surface area contributed by atoms with Crippen molar-refractivity contribution < 1.29 is 9.90 Å². The zero-order valence-electron chi connectivity index (χ0n) is 11.5. The van der Waals surface area contributed by atoms with Crippen molar-refractivity contribution in [3.8, 4) is 0 Å². The van der Waals surface area contributed by atoms with Crippen molar-refractivity contribution in [2.24, 2.45) is 0 Å². The van der Waals surface area contributed by atoms with Crippen molar-refractivity contribution in [3.05, 3.63) is 29.8 Å². The van der Waals surface area contributed by atoms with Gasteiger partial charge in [-0.1, -0.05) is 25.5 Å². The van der Waals surface area contributed by atoms with Crippen LogP contribution in [0.2, 0.25) is 0 Å². The molecule has 0 fully saturated rings. The Bertz CT molecular complexity index is 382. The van der Waals surface area contributed by atoms with Gasteiger partial charge in [-0.2, -0.15) is 11.8 Å². The SMILES string of the molecule is CCCCSCC(=O)Nc1cccc(CCCO)c1. The molecule has 1 aromatic rings. The summed E-state index contributed by atoms with van der Waals surface area (Å²) in [6.45, 7) is 2.35. The van der Waals surface area contributed by atoms with Crippen LogP contribution in [0, 0.1) is 0 Å². The van der Waals surface area contributed by atoms with Gasteiger partial charge < -0.3 is 10.4 Å². The number of amides is 1. The van der Waals surface area contributed by atoms with Gasteiger partial charge in [-0.3, -0.25) is 4.79 Å². The first-order chi connectivity index (χ1) is 9.26.